The number of rotatable bonds is 1. The molecule has 16 heavy (non-hydrogen) atoms. The summed E-state index contributed by atoms with van der Waals surface area (Å²) in [6, 6.07) is 0. The number of alkyl halides is 3. The highest BCUT2D eigenvalue weighted by atomic mass is 19.4. The number of aliphatic hydroxyl groups excluding tert-OH is 1. The van der Waals surface area contributed by atoms with Gasteiger partial charge in [0, 0.05) is 13.1 Å². The second kappa shape index (κ2) is 4.21. The summed E-state index contributed by atoms with van der Waals surface area (Å²) in [7, 11) is 0. The monoisotopic (exact) mass is 240 g/mol. The minimum atomic E-state index is -4.79. The van der Waals surface area contributed by atoms with E-state index in [1.165, 1.54) is 0 Å². The topological polar surface area (TPSA) is 66.6 Å². The number of amides is 1. The summed E-state index contributed by atoms with van der Waals surface area (Å²) in [6.07, 6.45) is -4.56. The van der Waals surface area contributed by atoms with Crippen LogP contribution in [-0.2, 0) is 4.79 Å². The van der Waals surface area contributed by atoms with Crippen molar-refractivity contribution in [2.45, 2.75) is 37.6 Å². The van der Waals surface area contributed by atoms with Crippen LogP contribution in [0.25, 0.3) is 0 Å². The predicted octanol–water partition coefficient (Wildman–Crippen LogP) is 0.249. The van der Waals surface area contributed by atoms with Crippen molar-refractivity contribution in [3.05, 3.63) is 0 Å². The van der Waals surface area contributed by atoms with Crippen LogP contribution < -0.4 is 5.73 Å². The van der Waals surface area contributed by atoms with Crippen molar-refractivity contribution in [2.75, 3.05) is 13.1 Å². The van der Waals surface area contributed by atoms with Gasteiger partial charge in [0.1, 0.15) is 0 Å². The van der Waals surface area contributed by atoms with Gasteiger partial charge in [0.05, 0.1) is 6.10 Å². The van der Waals surface area contributed by atoms with E-state index in [1.807, 2.05) is 0 Å². The fourth-order valence-electron chi connectivity index (χ4n) is 1.59. The van der Waals surface area contributed by atoms with Gasteiger partial charge in [0.2, 0.25) is 0 Å². The lowest BCUT2D eigenvalue weighted by atomic mass is 9.99. The van der Waals surface area contributed by atoms with Crippen LogP contribution in [0.3, 0.4) is 0 Å². The summed E-state index contributed by atoms with van der Waals surface area (Å²) in [5.41, 5.74) is 2.13. The first kappa shape index (κ1) is 13.2. The first-order chi connectivity index (χ1) is 7.16. The van der Waals surface area contributed by atoms with Crippen LogP contribution in [0.1, 0.15) is 19.8 Å². The number of hydrogen-bond donors (Lipinski definition) is 2. The molecule has 1 fully saturated rings. The van der Waals surface area contributed by atoms with Gasteiger partial charge in [0.15, 0.2) is 5.54 Å². The van der Waals surface area contributed by atoms with Crippen molar-refractivity contribution in [1.82, 2.24) is 4.90 Å². The van der Waals surface area contributed by atoms with Crippen molar-refractivity contribution in [2.24, 2.45) is 5.73 Å². The number of nitrogens with two attached hydrogens (primary N) is 1. The van der Waals surface area contributed by atoms with Gasteiger partial charge in [0.25, 0.3) is 5.91 Å². The Hall–Kier alpha value is -0.820. The maximum Gasteiger partial charge on any atom is 0.415 e. The highest BCUT2D eigenvalue weighted by Crippen LogP contribution is 2.30. The van der Waals surface area contributed by atoms with E-state index < -0.39 is 23.7 Å². The van der Waals surface area contributed by atoms with Crippen LogP contribution in [0, 0.1) is 0 Å². The van der Waals surface area contributed by atoms with Gasteiger partial charge in [-0.2, -0.15) is 13.2 Å². The van der Waals surface area contributed by atoms with Crippen LogP contribution in [0.4, 0.5) is 13.2 Å². The fraction of sp³-hybridized carbons (Fsp3) is 0.889. The summed E-state index contributed by atoms with van der Waals surface area (Å²) in [4.78, 5) is 12.6. The lowest BCUT2D eigenvalue weighted by Gasteiger charge is -2.36. The Labute approximate surface area is 91.2 Å². The van der Waals surface area contributed by atoms with Gasteiger partial charge in [-0.1, -0.05) is 0 Å². The molecule has 2 unspecified atom stereocenters. The third-order valence-electron chi connectivity index (χ3n) is 2.72. The minimum Gasteiger partial charge on any atom is -0.391 e. The minimum absolute atomic E-state index is 0.0816. The molecule has 1 heterocycles. The lowest BCUT2D eigenvalue weighted by molar-refractivity contribution is -0.195. The Morgan fingerprint density at radius 1 is 1.50 bits per heavy atom. The Bertz CT molecular complexity index is 278. The molecule has 0 radical (unpaired) electrons. The molecule has 3 N–H and O–H groups in total. The van der Waals surface area contributed by atoms with Gasteiger partial charge < -0.3 is 15.7 Å². The highest BCUT2D eigenvalue weighted by Gasteiger charge is 2.55. The quantitative estimate of drug-likeness (QED) is 0.690. The molecule has 4 nitrogen and oxygen atoms in total. The molecule has 0 saturated carbocycles. The van der Waals surface area contributed by atoms with Crippen LogP contribution >= 0.6 is 0 Å². The van der Waals surface area contributed by atoms with E-state index in [-0.39, 0.29) is 13.1 Å². The zero-order valence-electron chi connectivity index (χ0n) is 8.92. The van der Waals surface area contributed by atoms with E-state index in [1.54, 1.807) is 0 Å². The van der Waals surface area contributed by atoms with Gasteiger partial charge in [-0.05, 0) is 19.8 Å². The van der Waals surface area contributed by atoms with E-state index in [4.69, 9.17) is 5.73 Å². The molecule has 0 aromatic carbocycles. The van der Waals surface area contributed by atoms with E-state index >= 15 is 0 Å². The number of β-amino-alcohol motifs (C(OH)–C–C–N with tert-alkyl or cyclic N) is 1. The van der Waals surface area contributed by atoms with Crippen molar-refractivity contribution in [1.29, 1.82) is 0 Å². The third-order valence-corrected chi connectivity index (χ3v) is 2.72. The van der Waals surface area contributed by atoms with Crippen LogP contribution in [0.5, 0.6) is 0 Å². The SMILES string of the molecule is CC(N)(C(=O)N1CCCC(O)C1)C(F)(F)F. The van der Waals surface area contributed by atoms with E-state index in [0.29, 0.717) is 19.8 Å². The molecule has 94 valence electrons. The van der Waals surface area contributed by atoms with E-state index in [2.05, 4.69) is 0 Å². The molecule has 1 saturated heterocycles. The Balaban J connectivity index is 2.77. The van der Waals surface area contributed by atoms with Gasteiger partial charge >= 0.3 is 6.18 Å². The smallest absolute Gasteiger partial charge is 0.391 e. The standard InChI is InChI=1S/C9H15F3N2O2/c1-8(13,9(10,11)12)7(16)14-4-2-3-6(15)5-14/h6,15H,2-5,13H2,1H3. The predicted molar refractivity (Wildman–Crippen MR) is 50.5 cm³/mol. The van der Waals surface area contributed by atoms with Crippen molar-refractivity contribution >= 4 is 5.91 Å². The second-order valence-electron chi connectivity index (χ2n) is 4.25. The molecule has 0 spiro atoms. The Morgan fingerprint density at radius 3 is 2.50 bits per heavy atom. The summed E-state index contributed by atoms with van der Waals surface area (Å²) >= 11 is 0. The molecule has 1 rings (SSSR count). The van der Waals surface area contributed by atoms with E-state index in [9.17, 15) is 23.1 Å². The van der Waals surface area contributed by atoms with Crippen LogP contribution in [-0.4, -0.2) is 46.8 Å². The number of likely N-dealkylation sites (tertiary alicyclic amines) is 1. The zero-order valence-corrected chi connectivity index (χ0v) is 8.92. The van der Waals surface area contributed by atoms with Crippen molar-refractivity contribution < 1.29 is 23.1 Å². The Kier molecular flexibility index (Phi) is 3.49. The molecular weight excluding hydrogens is 225 g/mol. The number of carbonyl (C=O) groups excluding carboxylic acids is 1. The van der Waals surface area contributed by atoms with Crippen LogP contribution in [0.2, 0.25) is 0 Å². The number of aliphatic hydroxyl groups is 1. The molecular formula is C9H15F3N2O2. The molecule has 0 bridgehead atoms. The first-order valence-corrected chi connectivity index (χ1v) is 4.99. The van der Waals surface area contributed by atoms with E-state index in [0.717, 1.165) is 4.90 Å². The number of piperidine rings is 1. The molecule has 1 aliphatic heterocycles. The van der Waals surface area contributed by atoms with Crippen molar-refractivity contribution in [3.8, 4) is 0 Å². The molecule has 0 aromatic heterocycles. The average Bonchev–Trinajstić information content (AvgIpc) is 2.14. The Morgan fingerprint density at radius 2 is 2.06 bits per heavy atom. The highest BCUT2D eigenvalue weighted by molar-refractivity contribution is 5.86. The molecule has 0 aromatic rings. The summed E-state index contributed by atoms with van der Waals surface area (Å²) in [5, 5.41) is 9.28. The lowest BCUT2D eigenvalue weighted by Crippen LogP contribution is -2.63. The number of hydrogen-bond acceptors (Lipinski definition) is 3. The summed E-state index contributed by atoms with van der Waals surface area (Å²) in [6.45, 7) is 0.775. The average molecular weight is 240 g/mol. The maximum absolute atomic E-state index is 12.5. The normalized spacial score (nSPS) is 26.4. The zero-order chi connectivity index (χ0) is 12.6. The van der Waals surface area contributed by atoms with Crippen molar-refractivity contribution in [3.63, 3.8) is 0 Å². The first-order valence-electron chi connectivity index (χ1n) is 4.99. The largest absolute Gasteiger partial charge is 0.415 e. The number of nitrogens with zero attached hydrogens (tertiary/aromatic N) is 1. The molecule has 0 aliphatic carbocycles. The molecule has 2 atom stereocenters. The molecule has 7 heteroatoms. The van der Waals surface area contributed by atoms with Crippen LogP contribution in [0.15, 0.2) is 0 Å². The molecule has 1 amide bonds. The summed E-state index contributed by atoms with van der Waals surface area (Å²) < 4.78 is 37.5. The number of carbonyl (C=O) groups is 1. The fourth-order valence-corrected chi connectivity index (χ4v) is 1.59. The second-order valence-corrected chi connectivity index (χ2v) is 4.25. The van der Waals surface area contributed by atoms with Gasteiger partial charge in [-0.3, -0.25) is 4.79 Å². The third kappa shape index (κ3) is 2.46. The van der Waals surface area contributed by atoms with Gasteiger partial charge in [-0.15, -0.1) is 0 Å². The summed E-state index contributed by atoms with van der Waals surface area (Å²) in [5.74, 6) is -1.18. The molecule has 1 aliphatic rings. The number of halogens is 3. The maximum atomic E-state index is 12.5. The van der Waals surface area contributed by atoms with Gasteiger partial charge in [-0.25, -0.2) is 0 Å².